The summed E-state index contributed by atoms with van der Waals surface area (Å²) in [5.41, 5.74) is 3.08. The monoisotopic (exact) mass is 280 g/mol. The van der Waals surface area contributed by atoms with Gasteiger partial charge in [-0.2, -0.15) is 0 Å². The predicted octanol–water partition coefficient (Wildman–Crippen LogP) is 5.12. The second-order valence-electron chi connectivity index (χ2n) is 5.37. The van der Waals surface area contributed by atoms with Crippen molar-refractivity contribution in [2.45, 2.75) is 44.4 Å². The van der Waals surface area contributed by atoms with Gasteiger partial charge in [-0.3, -0.25) is 0 Å². The summed E-state index contributed by atoms with van der Waals surface area (Å²) >= 11 is 3.90. The topological polar surface area (TPSA) is 0 Å². The first kappa shape index (κ1) is 12.2. The fourth-order valence-corrected chi connectivity index (χ4v) is 3.59. The van der Waals surface area contributed by atoms with Crippen LogP contribution in [0.15, 0.2) is 24.3 Å². The summed E-state index contributed by atoms with van der Waals surface area (Å²) in [5, 5.41) is 0. The van der Waals surface area contributed by atoms with E-state index in [0.29, 0.717) is 4.83 Å². The van der Waals surface area contributed by atoms with Gasteiger partial charge in [0.1, 0.15) is 0 Å². The molecule has 88 valence electrons. The Morgan fingerprint density at radius 1 is 1.31 bits per heavy atom. The van der Waals surface area contributed by atoms with Gasteiger partial charge in [-0.25, -0.2) is 0 Å². The second-order valence-corrected chi connectivity index (χ2v) is 6.36. The molecule has 0 fully saturated rings. The number of hydrogen-bond acceptors (Lipinski definition) is 0. The van der Waals surface area contributed by atoms with E-state index in [-0.39, 0.29) is 0 Å². The van der Waals surface area contributed by atoms with Crippen molar-refractivity contribution < 1.29 is 0 Å². The lowest BCUT2D eigenvalue weighted by atomic mass is 9.80. The molecule has 2 unspecified atom stereocenters. The highest BCUT2D eigenvalue weighted by Gasteiger charge is 2.26. The normalized spacial score (nSPS) is 24.5. The molecule has 0 amide bonds. The third-order valence-corrected chi connectivity index (χ3v) is 4.91. The lowest BCUT2D eigenvalue weighted by Crippen LogP contribution is -2.17. The first-order valence-electron chi connectivity index (χ1n) is 6.40. The fraction of sp³-hybridized carbons (Fsp3) is 0.600. The molecule has 2 rings (SSSR count). The Bertz CT molecular complexity index is 343. The Morgan fingerprint density at radius 2 is 2.06 bits per heavy atom. The molecule has 1 aliphatic carbocycles. The molecule has 0 radical (unpaired) electrons. The average molecular weight is 281 g/mol. The van der Waals surface area contributed by atoms with Gasteiger partial charge in [-0.05, 0) is 42.2 Å². The van der Waals surface area contributed by atoms with Gasteiger partial charge in [-0.15, -0.1) is 0 Å². The first-order chi connectivity index (χ1) is 7.68. The van der Waals surface area contributed by atoms with E-state index >= 15 is 0 Å². The van der Waals surface area contributed by atoms with E-state index in [0.717, 1.165) is 11.8 Å². The summed E-state index contributed by atoms with van der Waals surface area (Å²) in [7, 11) is 0. The standard InChI is InChI=1S/C15H21Br/c1-11(2)7-8-13-10-9-12-5-3-4-6-14(12)15(13)16/h3-6,11,13,15H,7-10H2,1-2H3. The van der Waals surface area contributed by atoms with Crippen LogP contribution < -0.4 is 0 Å². The van der Waals surface area contributed by atoms with Crippen molar-refractivity contribution in [1.82, 2.24) is 0 Å². The zero-order valence-corrected chi connectivity index (χ0v) is 11.8. The van der Waals surface area contributed by atoms with Gasteiger partial charge in [0.15, 0.2) is 0 Å². The van der Waals surface area contributed by atoms with Crippen molar-refractivity contribution in [1.29, 1.82) is 0 Å². The van der Waals surface area contributed by atoms with E-state index in [1.165, 1.54) is 31.2 Å². The molecular weight excluding hydrogens is 260 g/mol. The summed E-state index contributed by atoms with van der Waals surface area (Å²) in [5.74, 6) is 1.66. The van der Waals surface area contributed by atoms with E-state index in [1.807, 2.05) is 0 Å². The highest BCUT2D eigenvalue weighted by Crippen LogP contribution is 2.42. The van der Waals surface area contributed by atoms with Gasteiger partial charge >= 0.3 is 0 Å². The van der Waals surface area contributed by atoms with Crippen LogP contribution in [-0.2, 0) is 6.42 Å². The first-order valence-corrected chi connectivity index (χ1v) is 7.32. The highest BCUT2D eigenvalue weighted by molar-refractivity contribution is 9.09. The molecule has 0 bridgehead atoms. The van der Waals surface area contributed by atoms with E-state index in [1.54, 1.807) is 5.56 Å². The molecule has 1 heteroatoms. The Labute approximate surface area is 108 Å². The molecule has 0 spiro atoms. The van der Waals surface area contributed by atoms with Gasteiger partial charge in [0.25, 0.3) is 0 Å². The molecule has 1 aromatic rings. The maximum atomic E-state index is 3.90. The van der Waals surface area contributed by atoms with Crippen molar-refractivity contribution in [2.75, 3.05) is 0 Å². The zero-order chi connectivity index (χ0) is 11.5. The molecule has 0 saturated carbocycles. The van der Waals surface area contributed by atoms with E-state index in [2.05, 4.69) is 54.0 Å². The third-order valence-electron chi connectivity index (χ3n) is 3.67. The number of hydrogen-bond donors (Lipinski definition) is 0. The molecule has 0 heterocycles. The molecule has 0 saturated heterocycles. The fourth-order valence-electron chi connectivity index (χ4n) is 2.61. The molecule has 16 heavy (non-hydrogen) atoms. The minimum Gasteiger partial charge on any atom is -0.0836 e. The summed E-state index contributed by atoms with van der Waals surface area (Å²) in [6, 6.07) is 8.89. The summed E-state index contributed by atoms with van der Waals surface area (Å²) < 4.78 is 0. The Morgan fingerprint density at radius 3 is 2.81 bits per heavy atom. The molecule has 0 nitrogen and oxygen atoms in total. The molecule has 0 aliphatic heterocycles. The van der Waals surface area contributed by atoms with Crippen molar-refractivity contribution >= 4 is 15.9 Å². The van der Waals surface area contributed by atoms with Gasteiger partial charge < -0.3 is 0 Å². The van der Waals surface area contributed by atoms with Gasteiger partial charge in [0.05, 0.1) is 0 Å². The molecule has 2 atom stereocenters. The minimum absolute atomic E-state index is 0.580. The van der Waals surface area contributed by atoms with Crippen LogP contribution in [-0.4, -0.2) is 0 Å². The second kappa shape index (κ2) is 5.35. The van der Waals surface area contributed by atoms with Crippen LogP contribution in [0.3, 0.4) is 0 Å². The van der Waals surface area contributed by atoms with Gasteiger partial charge in [0, 0.05) is 4.83 Å². The van der Waals surface area contributed by atoms with Crippen LogP contribution in [0.4, 0.5) is 0 Å². The summed E-state index contributed by atoms with van der Waals surface area (Å²) in [6.45, 7) is 4.64. The number of aryl methyl sites for hydroxylation is 1. The Balaban J connectivity index is 2.06. The maximum Gasteiger partial charge on any atom is 0.0426 e. The predicted molar refractivity (Wildman–Crippen MR) is 74.0 cm³/mol. The maximum absolute atomic E-state index is 3.90. The SMILES string of the molecule is CC(C)CCC1CCc2ccccc2C1Br. The van der Waals surface area contributed by atoms with E-state index in [9.17, 15) is 0 Å². The van der Waals surface area contributed by atoms with Crippen molar-refractivity contribution in [3.63, 3.8) is 0 Å². The van der Waals surface area contributed by atoms with Crippen LogP contribution >= 0.6 is 15.9 Å². The number of alkyl halides is 1. The lowest BCUT2D eigenvalue weighted by Gasteiger charge is -2.30. The summed E-state index contributed by atoms with van der Waals surface area (Å²) in [4.78, 5) is 0.580. The Hall–Kier alpha value is -0.300. The molecule has 0 aromatic heterocycles. The third kappa shape index (κ3) is 2.68. The zero-order valence-electron chi connectivity index (χ0n) is 10.2. The minimum atomic E-state index is 0.580. The number of rotatable bonds is 3. The molecule has 0 N–H and O–H groups in total. The largest absolute Gasteiger partial charge is 0.0836 e. The van der Waals surface area contributed by atoms with Crippen LogP contribution in [0.2, 0.25) is 0 Å². The molecule has 1 aromatic carbocycles. The van der Waals surface area contributed by atoms with Crippen LogP contribution in [0.1, 0.15) is 49.1 Å². The molecular formula is C15H21Br. The lowest BCUT2D eigenvalue weighted by molar-refractivity contribution is 0.382. The number of halogens is 1. The highest BCUT2D eigenvalue weighted by atomic mass is 79.9. The van der Waals surface area contributed by atoms with Crippen molar-refractivity contribution in [2.24, 2.45) is 11.8 Å². The van der Waals surface area contributed by atoms with E-state index in [4.69, 9.17) is 0 Å². The number of fused-ring (bicyclic) bond motifs is 1. The smallest absolute Gasteiger partial charge is 0.0426 e. The Kier molecular flexibility index (Phi) is 4.07. The van der Waals surface area contributed by atoms with E-state index < -0.39 is 0 Å². The van der Waals surface area contributed by atoms with Crippen LogP contribution in [0.5, 0.6) is 0 Å². The summed E-state index contributed by atoms with van der Waals surface area (Å²) in [6.07, 6.45) is 5.33. The quantitative estimate of drug-likeness (QED) is 0.674. The van der Waals surface area contributed by atoms with Crippen molar-refractivity contribution in [3.05, 3.63) is 35.4 Å². The van der Waals surface area contributed by atoms with Crippen LogP contribution in [0.25, 0.3) is 0 Å². The number of benzene rings is 1. The molecule has 1 aliphatic rings. The van der Waals surface area contributed by atoms with Gasteiger partial charge in [-0.1, -0.05) is 60.5 Å². The van der Waals surface area contributed by atoms with Crippen LogP contribution in [0, 0.1) is 11.8 Å². The van der Waals surface area contributed by atoms with Crippen molar-refractivity contribution in [3.8, 4) is 0 Å². The average Bonchev–Trinajstić information content (AvgIpc) is 2.28. The van der Waals surface area contributed by atoms with Gasteiger partial charge in [0.2, 0.25) is 0 Å².